The summed E-state index contributed by atoms with van der Waals surface area (Å²) in [6.45, 7) is 3.23. The quantitative estimate of drug-likeness (QED) is 0.689. The first-order valence-electron chi connectivity index (χ1n) is 5.22. The first-order valence-corrected chi connectivity index (χ1v) is 5.22. The Labute approximate surface area is 97.7 Å². The van der Waals surface area contributed by atoms with Gasteiger partial charge >= 0.3 is 0 Å². The molecule has 17 heavy (non-hydrogen) atoms. The van der Waals surface area contributed by atoms with Gasteiger partial charge in [0.25, 0.3) is 0 Å². The molecule has 2 rings (SSSR count). The minimum Gasteiger partial charge on any atom is -0.207 e. The minimum absolute atomic E-state index is 0.211. The van der Waals surface area contributed by atoms with E-state index in [2.05, 4.69) is 0 Å². The summed E-state index contributed by atoms with van der Waals surface area (Å²) >= 11 is 0. The molecule has 0 N–H and O–H groups in total. The zero-order chi connectivity index (χ0) is 12.6. The SMILES string of the molecule is Cc1ccc(-c2ccc(F)cc2F)c(C)c1F. The van der Waals surface area contributed by atoms with Crippen molar-refractivity contribution >= 4 is 0 Å². The lowest BCUT2D eigenvalue weighted by Crippen LogP contribution is -1.94. The van der Waals surface area contributed by atoms with Crippen LogP contribution in [0.25, 0.3) is 11.1 Å². The average Bonchev–Trinajstić information content (AvgIpc) is 2.28. The Bertz CT molecular complexity index is 574. The van der Waals surface area contributed by atoms with E-state index in [1.807, 2.05) is 0 Å². The molecule has 88 valence electrons. The van der Waals surface area contributed by atoms with Gasteiger partial charge in [-0.2, -0.15) is 0 Å². The fourth-order valence-corrected chi connectivity index (χ4v) is 1.82. The molecule has 0 atom stereocenters. The largest absolute Gasteiger partial charge is 0.207 e. The molecular weight excluding hydrogens is 225 g/mol. The Morgan fingerprint density at radius 2 is 1.47 bits per heavy atom. The van der Waals surface area contributed by atoms with Crippen molar-refractivity contribution in [3.63, 3.8) is 0 Å². The maximum absolute atomic E-state index is 13.7. The van der Waals surface area contributed by atoms with Crippen LogP contribution in [0.15, 0.2) is 30.3 Å². The second-order valence-corrected chi connectivity index (χ2v) is 3.99. The highest BCUT2D eigenvalue weighted by Gasteiger charge is 2.12. The Balaban J connectivity index is 2.65. The van der Waals surface area contributed by atoms with Crippen LogP contribution in [0, 0.1) is 31.3 Å². The Kier molecular flexibility index (Phi) is 2.92. The Morgan fingerprint density at radius 3 is 2.12 bits per heavy atom. The van der Waals surface area contributed by atoms with Crippen molar-refractivity contribution in [3.8, 4) is 11.1 Å². The molecule has 2 aromatic rings. The van der Waals surface area contributed by atoms with Crippen molar-refractivity contribution in [1.29, 1.82) is 0 Å². The fraction of sp³-hybridized carbons (Fsp3) is 0.143. The third-order valence-corrected chi connectivity index (χ3v) is 2.80. The maximum atomic E-state index is 13.7. The van der Waals surface area contributed by atoms with Gasteiger partial charge in [-0.1, -0.05) is 12.1 Å². The van der Waals surface area contributed by atoms with Crippen LogP contribution in [0.3, 0.4) is 0 Å². The predicted molar refractivity (Wildman–Crippen MR) is 61.2 cm³/mol. The zero-order valence-corrected chi connectivity index (χ0v) is 9.52. The van der Waals surface area contributed by atoms with E-state index >= 15 is 0 Å². The lowest BCUT2D eigenvalue weighted by molar-refractivity contribution is 0.585. The molecule has 0 heterocycles. The molecule has 0 aliphatic carbocycles. The van der Waals surface area contributed by atoms with Crippen molar-refractivity contribution in [1.82, 2.24) is 0 Å². The standard InChI is InChI=1S/C14H11F3/c1-8-3-5-11(9(2)14(8)17)12-6-4-10(15)7-13(12)16/h3-7H,1-2H3. The molecule has 0 bridgehead atoms. The molecule has 0 radical (unpaired) electrons. The van der Waals surface area contributed by atoms with Crippen LogP contribution in [0.4, 0.5) is 13.2 Å². The molecule has 0 aliphatic rings. The first-order chi connectivity index (χ1) is 8.00. The summed E-state index contributed by atoms with van der Waals surface area (Å²) < 4.78 is 40.1. The van der Waals surface area contributed by atoms with Gasteiger partial charge in [0, 0.05) is 11.6 Å². The van der Waals surface area contributed by atoms with Gasteiger partial charge in [0.1, 0.15) is 17.5 Å². The number of hydrogen-bond acceptors (Lipinski definition) is 0. The molecule has 0 amide bonds. The summed E-state index contributed by atoms with van der Waals surface area (Å²) in [5.74, 6) is -1.68. The van der Waals surface area contributed by atoms with Crippen LogP contribution >= 0.6 is 0 Å². The minimum atomic E-state index is -0.684. The van der Waals surface area contributed by atoms with Crippen LogP contribution < -0.4 is 0 Å². The molecule has 0 saturated carbocycles. The molecule has 0 aliphatic heterocycles. The van der Waals surface area contributed by atoms with Gasteiger partial charge in [0.15, 0.2) is 0 Å². The fourth-order valence-electron chi connectivity index (χ4n) is 1.82. The van der Waals surface area contributed by atoms with E-state index in [4.69, 9.17) is 0 Å². The van der Waals surface area contributed by atoms with E-state index in [1.165, 1.54) is 6.07 Å². The number of aryl methyl sites for hydroxylation is 1. The van der Waals surface area contributed by atoms with Gasteiger partial charge in [0.2, 0.25) is 0 Å². The van der Waals surface area contributed by atoms with Crippen LogP contribution in [0.2, 0.25) is 0 Å². The Hall–Kier alpha value is -1.77. The third kappa shape index (κ3) is 2.05. The lowest BCUT2D eigenvalue weighted by Gasteiger charge is -2.10. The summed E-state index contributed by atoms with van der Waals surface area (Å²) in [6.07, 6.45) is 0. The molecule has 0 spiro atoms. The molecule has 3 heteroatoms. The van der Waals surface area contributed by atoms with Gasteiger partial charge in [-0.05, 0) is 42.7 Å². The summed E-state index contributed by atoms with van der Waals surface area (Å²) in [4.78, 5) is 0. The monoisotopic (exact) mass is 236 g/mol. The van der Waals surface area contributed by atoms with Gasteiger partial charge in [-0.15, -0.1) is 0 Å². The maximum Gasteiger partial charge on any atom is 0.133 e. The molecular formula is C14H11F3. The first kappa shape index (κ1) is 11.7. The smallest absolute Gasteiger partial charge is 0.133 e. The van der Waals surface area contributed by atoms with Crippen LogP contribution in [-0.2, 0) is 0 Å². The van der Waals surface area contributed by atoms with Crippen LogP contribution in [-0.4, -0.2) is 0 Å². The molecule has 2 aromatic carbocycles. The van der Waals surface area contributed by atoms with Crippen LogP contribution in [0.5, 0.6) is 0 Å². The predicted octanol–water partition coefficient (Wildman–Crippen LogP) is 4.39. The van der Waals surface area contributed by atoms with Crippen molar-refractivity contribution in [3.05, 3.63) is 58.9 Å². The Morgan fingerprint density at radius 1 is 0.824 bits per heavy atom. The molecule has 0 unspecified atom stereocenters. The summed E-state index contributed by atoms with van der Waals surface area (Å²) in [5, 5.41) is 0. The lowest BCUT2D eigenvalue weighted by atomic mass is 9.97. The van der Waals surface area contributed by atoms with E-state index in [1.54, 1.807) is 26.0 Å². The summed E-state index contributed by atoms with van der Waals surface area (Å²) in [6, 6.07) is 6.51. The summed E-state index contributed by atoms with van der Waals surface area (Å²) in [5.41, 5.74) is 1.54. The summed E-state index contributed by atoms with van der Waals surface area (Å²) in [7, 11) is 0. The highest BCUT2D eigenvalue weighted by molar-refractivity contribution is 5.68. The van der Waals surface area contributed by atoms with Gasteiger partial charge in [-0.3, -0.25) is 0 Å². The van der Waals surface area contributed by atoms with Gasteiger partial charge in [0.05, 0.1) is 0 Å². The zero-order valence-electron chi connectivity index (χ0n) is 9.52. The average molecular weight is 236 g/mol. The molecule has 0 aromatic heterocycles. The van der Waals surface area contributed by atoms with E-state index in [9.17, 15) is 13.2 Å². The highest BCUT2D eigenvalue weighted by Crippen LogP contribution is 2.29. The molecule has 0 saturated heterocycles. The molecule has 0 nitrogen and oxygen atoms in total. The van der Waals surface area contributed by atoms with Crippen molar-refractivity contribution in [2.45, 2.75) is 13.8 Å². The second kappa shape index (κ2) is 4.24. The van der Waals surface area contributed by atoms with Crippen molar-refractivity contribution in [2.24, 2.45) is 0 Å². The highest BCUT2D eigenvalue weighted by atomic mass is 19.1. The van der Waals surface area contributed by atoms with Crippen LogP contribution in [0.1, 0.15) is 11.1 Å². The number of halogens is 3. The molecule has 0 fully saturated rings. The van der Waals surface area contributed by atoms with E-state index in [0.29, 0.717) is 16.7 Å². The van der Waals surface area contributed by atoms with Crippen molar-refractivity contribution in [2.75, 3.05) is 0 Å². The van der Waals surface area contributed by atoms with E-state index in [0.717, 1.165) is 12.1 Å². The van der Waals surface area contributed by atoms with E-state index < -0.39 is 11.6 Å². The number of hydrogen-bond donors (Lipinski definition) is 0. The second-order valence-electron chi connectivity index (χ2n) is 3.99. The van der Waals surface area contributed by atoms with Gasteiger partial charge < -0.3 is 0 Å². The third-order valence-electron chi connectivity index (χ3n) is 2.80. The normalized spacial score (nSPS) is 10.6. The van der Waals surface area contributed by atoms with Gasteiger partial charge in [-0.25, -0.2) is 13.2 Å². The van der Waals surface area contributed by atoms with E-state index in [-0.39, 0.29) is 11.4 Å². The van der Waals surface area contributed by atoms with Crippen molar-refractivity contribution < 1.29 is 13.2 Å². The topological polar surface area (TPSA) is 0 Å². The number of benzene rings is 2. The number of rotatable bonds is 1.